The van der Waals surface area contributed by atoms with Crippen LogP contribution in [0.15, 0.2) is 0 Å². The molecular weight excluding hydrogens is 367 g/mol. The Bertz CT molecular complexity index is 348. The summed E-state index contributed by atoms with van der Waals surface area (Å²) in [4.78, 5) is 0. The molecule has 0 unspecified atom stereocenters. The number of hydrogen-bond donors (Lipinski definition) is 1. The number of unbranched alkanes of at least 4 members (excludes halogenated alkanes) is 5. The largest absolute Gasteiger partial charge is 0.397 e. The maximum absolute atomic E-state index is 9.84. The van der Waals surface area contributed by atoms with Gasteiger partial charge in [0, 0.05) is 0 Å². The zero-order valence-electron chi connectivity index (χ0n) is 18.1. The monoisotopic (exact) mass is 413 g/mol. The molecule has 0 aromatic heterocycles. The van der Waals surface area contributed by atoms with E-state index in [0.29, 0.717) is 6.42 Å². The SMILES string of the molecule is CCCCOS(=O)(=O)O.CCCC[P](CCCC)(CCCC)CCCC. The van der Waals surface area contributed by atoms with Crippen molar-refractivity contribution in [1.82, 2.24) is 0 Å². The van der Waals surface area contributed by atoms with E-state index in [1.807, 2.05) is 6.92 Å². The third kappa shape index (κ3) is 19.1. The van der Waals surface area contributed by atoms with Gasteiger partial charge in [0.15, 0.2) is 0 Å². The molecule has 0 aromatic rings. The number of rotatable bonds is 16. The Hall–Kier alpha value is 0.300. The van der Waals surface area contributed by atoms with E-state index in [1.165, 1.54) is 51.4 Å². The highest BCUT2D eigenvalue weighted by Gasteiger charge is 2.24. The smallest absolute Gasteiger partial charge is 0.264 e. The predicted molar refractivity (Wildman–Crippen MR) is 118 cm³/mol. The van der Waals surface area contributed by atoms with Gasteiger partial charge < -0.3 is 0 Å². The maximum Gasteiger partial charge on any atom is 0.397 e. The summed E-state index contributed by atoms with van der Waals surface area (Å²) < 4.78 is 31.7. The van der Waals surface area contributed by atoms with Gasteiger partial charge in [0.1, 0.15) is 0 Å². The second kappa shape index (κ2) is 18.7. The maximum atomic E-state index is 9.84. The third-order valence-corrected chi connectivity index (χ3v) is 10.2. The Labute approximate surface area is 165 Å². The van der Waals surface area contributed by atoms with Gasteiger partial charge in [-0.15, -0.1) is 7.26 Å². The lowest BCUT2D eigenvalue weighted by Gasteiger charge is -2.37. The van der Waals surface area contributed by atoms with Crippen LogP contribution in [0.3, 0.4) is 0 Å². The molecule has 161 valence electrons. The molecule has 26 heavy (non-hydrogen) atoms. The molecule has 1 radical (unpaired) electrons. The molecule has 0 saturated carbocycles. The standard InChI is InChI=1S/C16H36P.C4H10O4S/c1-5-9-13-17(14-10-6-2,15-11-7-3)16-12-8-4;1-2-3-4-8-9(5,6)7/h5-16H2,1-4H3;2-4H2,1H3,(H,5,6,7). The summed E-state index contributed by atoms with van der Waals surface area (Å²) in [5, 5.41) is 0. The summed E-state index contributed by atoms with van der Waals surface area (Å²) in [7, 11) is -4.76. The molecule has 0 aliphatic rings. The normalized spacial score (nSPS) is 11.9. The van der Waals surface area contributed by atoms with Crippen LogP contribution in [0.25, 0.3) is 0 Å². The molecule has 0 aliphatic carbocycles. The fraction of sp³-hybridized carbons (Fsp3) is 1.00. The van der Waals surface area contributed by atoms with Crippen LogP contribution in [0.2, 0.25) is 0 Å². The Morgan fingerprint density at radius 2 is 0.962 bits per heavy atom. The quantitative estimate of drug-likeness (QED) is 0.171. The van der Waals surface area contributed by atoms with Crippen molar-refractivity contribution in [2.75, 3.05) is 31.3 Å². The van der Waals surface area contributed by atoms with Crippen molar-refractivity contribution in [2.24, 2.45) is 0 Å². The lowest BCUT2D eigenvalue weighted by atomic mass is 10.4. The molecule has 4 nitrogen and oxygen atoms in total. The van der Waals surface area contributed by atoms with Crippen molar-refractivity contribution in [3.8, 4) is 0 Å². The van der Waals surface area contributed by atoms with Crippen LogP contribution >= 0.6 is 7.26 Å². The van der Waals surface area contributed by atoms with E-state index in [4.69, 9.17) is 4.55 Å². The van der Waals surface area contributed by atoms with Crippen LogP contribution in [0, 0.1) is 0 Å². The van der Waals surface area contributed by atoms with Gasteiger partial charge in [-0.1, -0.05) is 66.7 Å². The van der Waals surface area contributed by atoms with Crippen LogP contribution in [0.4, 0.5) is 0 Å². The minimum Gasteiger partial charge on any atom is -0.264 e. The Kier molecular flexibility index (Phi) is 20.5. The Morgan fingerprint density at radius 1 is 0.654 bits per heavy atom. The zero-order chi connectivity index (χ0) is 20.3. The molecule has 0 rings (SSSR count). The lowest BCUT2D eigenvalue weighted by Crippen LogP contribution is -2.12. The van der Waals surface area contributed by atoms with E-state index >= 15 is 0 Å². The topological polar surface area (TPSA) is 63.6 Å². The predicted octanol–water partition coefficient (Wildman–Crippen LogP) is 6.81. The van der Waals surface area contributed by atoms with Crippen LogP contribution < -0.4 is 0 Å². The van der Waals surface area contributed by atoms with Gasteiger partial charge in [-0.2, -0.15) is 8.42 Å². The van der Waals surface area contributed by atoms with Gasteiger partial charge in [-0.3, -0.25) is 4.55 Å². The highest BCUT2D eigenvalue weighted by atomic mass is 32.3. The van der Waals surface area contributed by atoms with Crippen molar-refractivity contribution in [3.05, 3.63) is 0 Å². The average Bonchev–Trinajstić information content (AvgIpc) is 2.60. The fourth-order valence-electron chi connectivity index (χ4n) is 2.95. The van der Waals surface area contributed by atoms with Crippen molar-refractivity contribution in [2.45, 2.75) is 98.8 Å². The lowest BCUT2D eigenvalue weighted by molar-refractivity contribution is 0.264. The van der Waals surface area contributed by atoms with Gasteiger partial charge in [-0.05, 0) is 56.8 Å². The summed E-state index contributed by atoms with van der Waals surface area (Å²) in [5.74, 6) is 0. The first-order chi connectivity index (χ1) is 12.3. The first-order valence-corrected chi connectivity index (χ1v) is 14.7. The van der Waals surface area contributed by atoms with Crippen LogP contribution in [0.5, 0.6) is 0 Å². The fourth-order valence-corrected chi connectivity index (χ4v) is 8.57. The first-order valence-electron chi connectivity index (χ1n) is 10.8. The summed E-state index contributed by atoms with van der Waals surface area (Å²) in [6, 6.07) is 0. The van der Waals surface area contributed by atoms with Crippen LogP contribution in [-0.2, 0) is 14.6 Å². The first kappa shape index (κ1) is 28.5. The van der Waals surface area contributed by atoms with E-state index in [0.717, 1.165) is 6.42 Å². The third-order valence-electron chi connectivity index (χ3n) is 4.67. The summed E-state index contributed by atoms with van der Waals surface area (Å²) in [5.41, 5.74) is 0. The van der Waals surface area contributed by atoms with Gasteiger partial charge in [0.2, 0.25) is 0 Å². The molecule has 0 atom stereocenters. The van der Waals surface area contributed by atoms with Crippen LogP contribution in [0.1, 0.15) is 98.8 Å². The molecule has 0 aromatic carbocycles. The summed E-state index contributed by atoms with van der Waals surface area (Å²) >= 11 is 0. The van der Waals surface area contributed by atoms with E-state index in [9.17, 15) is 8.42 Å². The van der Waals surface area contributed by atoms with E-state index in [2.05, 4.69) is 31.9 Å². The molecule has 0 fully saturated rings. The van der Waals surface area contributed by atoms with Gasteiger partial charge in [0.05, 0.1) is 6.61 Å². The highest BCUT2D eigenvalue weighted by Crippen LogP contribution is 2.61. The minimum atomic E-state index is -4.20. The van der Waals surface area contributed by atoms with Crippen molar-refractivity contribution in [1.29, 1.82) is 0 Å². The Morgan fingerprint density at radius 3 is 1.19 bits per heavy atom. The second-order valence-electron chi connectivity index (χ2n) is 7.25. The van der Waals surface area contributed by atoms with E-state index < -0.39 is 17.7 Å². The van der Waals surface area contributed by atoms with E-state index in [-0.39, 0.29) is 6.61 Å². The van der Waals surface area contributed by atoms with Crippen molar-refractivity contribution >= 4 is 17.7 Å². The van der Waals surface area contributed by atoms with E-state index in [1.54, 1.807) is 24.6 Å². The average molecular weight is 414 g/mol. The number of hydrogen-bond acceptors (Lipinski definition) is 3. The van der Waals surface area contributed by atoms with Crippen LogP contribution in [-0.4, -0.2) is 44.2 Å². The second-order valence-corrected chi connectivity index (χ2v) is 12.8. The zero-order valence-corrected chi connectivity index (χ0v) is 19.8. The summed E-state index contributed by atoms with van der Waals surface area (Å²) in [6.45, 7) is 11.4. The van der Waals surface area contributed by atoms with Gasteiger partial charge in [-0.25, -0.2) is 4.18 Å². The van der Waals surface area contributed by atoms with Crippen molar-refractivity contribution in [3.63, 3.8) is 0 Å². The molecule has 0 saturated heterocycles. The molecule has 1 N–H and O–H groups in total. The van der Waals surface area contributed by atoms with Gasteiger partial charge >= 0.3 is 10.4 Å². The Balaban J connectivity index is 0. The summed E-state index contributed by atoms with van der Waals surface area (Å²) in [6.07, 6.45) is 19.4. The van der Waals surface area contributed by atoms with Gasteiger partial charge in [0.25, 0.3) is 0 Å². The highest BCUT2D eigenvalue weighted by molar-refractivity contribution is 7.80. The molecular formula is C20H46O4PS. The van der Waals surface area contributed by atoms with Crippen molar-refractivity contribution < 1.29 is 17.2 Å². The minimum absolute atomic E-state index is 0.0648. The molecule has 6 heteroatoms. The molecule has 0 spiro atoms. The molecule has 0 amide bonds. The molecule has 0 bridgehead atoms. The molecule has 0 aliphatic heterocycles. The molecule has 0 heterocycles.